The number of fused-ring (bicyclic) bond motifs is 1. The number of benzene rings is 1. The Kier molecular flexibility index (Phi) is 4.57. The van der Waals surface area contributed by atoms with Crippen molar-refractivity contribution in [1.29, 1.82) is 0 Å². The third-order valence-electron chi connectivity index (χ3n) is 4.05. The van der Waals surface area contributed by atoms with Crippen LogP contribution in [0.5, 0.6) is 0 Å². The number of carbonyl (C=O) groups is 1. The molecule has 0 bridgehead atoms. The lowest BCUT2D eigenvalue weighted by molar-refractivity contribution is -0.386. The van der Waals surface area contributed by atoms with Crippen LogP contribution < -0.4 is 4.90 Å². The third kappa shape index (κ3) is 3.01. The van der Waals surface area contributed by atoms with Crippen LogP contribution in [-0.4, -0.2) is 32.9 Å². The van der Waals surface area contributed by atoms with Crippen LogP contribution in [0.3, 0.4) is 0 Å². The van der Waals surface area contributed by atoms with E-state index in [-0.39, 0.29) is 18.1 Å². The number of nitro groups is 1. The summed E-state index contributed by atoms with van der Waals surface area (Å²) in [5.74, 6) is 0.858. The van der Waals surface area contributed by atoms with Gasteiger partial charge in [0.15, 0.2) is 0 Å². The number of amides is 1. The fourth-order valence-corrected chi connectivity index (χ4v) is 3.90. The first-order valence-electron chi connectivity index (χ1n) is 7.69. The summed E-state index contributed by atoms with van der Waals surface area (Å²) in [4.78, 5) is 26.3. The minimum absolute atomic E-state index is 0.000482. The SMILES string of the molecule is Cc1nn(CC(=O)N2CCCSc3ccccc32)c(C)c1[N+](=O)[O-]. The van der Waals surface area contributed by atoms with E-state index in [1.165, 1.54) is 4.68 Å². The molecule has 2 aromatic rings. The van der Waals surface area contributed by atoms with E-state index in [0.717, 1.165) is 22.8 Å². The summed E-state index contributed by atoms with van der Waals surface area (Å²) in [5.41, 5.74) is 1.62. The molecule has 0 fully saturated rings. The fourth-order valence-electron chi connectivity index (χ4n) is 2.91. The van der Waals surface area contributed by atoms with Crippen LogP contribution in [0.2, 0.25) is 0 Å². The van der Waals surface area contributed by atoms with Crippen molar-refractivity contribution >= 4 is 29.0 Å². The van der Waals surface area contributed by atoms with Crippen LogP contribution in [0.15, 0.2) is 29.2 Å². The zero-order chi connectivity index (χ0) is 17.3. The second kappa shape index (κ2) is 6.64. The summed E-state index contributed by atoms with van der Waals surface area (Å²) in [7, 11) is 0. The van der Waals surface area contributed by atoms with E-state index in [9.17, 15) is 14.9 Å². The van der Waals surface area contributed by atoms with E-state index >= 15 is 0 Å². The molecular weight excluding hydrogens is 328 g/mol. The highest BCUT2D eigenvalue weighted by molar-refractivity contribution is 7.99. The molecule has 24 heavy (non-hydrogen) atoms. The van der Waals surface area contributed by atoms with Crippen molar-refractivity contribution in [3.63, 3.8) is 0 Å². The number of rotatable bonds is 3. The molecule has 0 saturated heterocycles. The Labute approximate surface area is 143 Å². The van der Waals surface area contributed by atoms with E-state index in [2.05, 4.69) is 5.10 Å². The second-order valence-corrected chi connectivity index (χ2v) is 6.79. The molecule has 1 amide bonds. The Morgan fingerprint density at radius 3 is 2.83 bits per heavy atom. The van der Waals surface area contributed by atoms with Gasteiger partial charge in [-0.05, 0) is 38.2 Å². The maximum atomic E-state index is 12.8. The predicted molar refractivity (Wildman–Crippen MR) is 92.5 cm³/mol. The summed E-state index contributed by atoms with van der Waals surface area (Å²) >= 11 is 1.74. The molecule has 8 heteroatoms. The fraction of sp³-hybridized carbons (Fsp3) is 0.375. The van der Waals surface area contributed by atoms with Gasteiger partial charge in [0.1, 0.15) is 17.9 Å². The van der Waals surface area contributed by atoms with Gasteiger partial charge in [0, 0.05) is 11.4 Å². The lowest BCUT2D eigenvalue weighted by Crippen LogP contribution is -2.35. The summed E-state index contributed by atoms with van der Waals surface area (Å²) < 4.78 is 1.43. The van der Waals surface area contributed by atoms with Crippen LogP contribution in [0.4, 0.5) is 11.4 Å². The van der Waals surface area contributed by atoms with Gasteiger partial charge in [-0.2, -0.15) is 5.10 Å². The van der Waals surface area contributed by atoms with Gasteiger partial charge < -0.3 is 4.90 Å². The molecule has 1 aromatic carbocycles. The number of carbonyl (C=O) groups excluding carboxylic acids is 1. The molecule has 126 valence electrons. The molecular formula is C16H18N4O3S. The first-order valence-corrected chi connectivity index (χ1v) is 8.68. The van der Waals surface area contributed by atoms with Crippen molar-refractivity contribution in [3.8, 4) is 0 Å². The van der Waals surface area contributed by atoms with Crippen molar-refractivity contribution in [1.82, 2.24) is 9.78 Å². The quantitative estimate of drug-likeness (QED) is 0.630. The molecule has 3 rings (SSSR count). The van der Waals surface area contributed by atoms with Crippen molar-refractivity contribution in [2.24, 2.45) is 0 Å². The van der Waals surface area contributed by atoms with Crippen LogP contribution in [0.25, 0.3) is 0 Å². The van der Waals surface area contributed by atoms with Crippen LogP contribution in [0.1, 0.15) is 17.8 Å². The maximum Gasteiger partial charge on any atom is 0.312 e. The van der Waals surface area contributed by atoms with Crippen molar-refractivity contribution in [2.45, 2.75) is 31.7 Å². The van der Waals surface area contributed by atoms with E-state index < -0.39 is 4.92 Å². The number of hydrogen-bond donors (Lipinski definition) is 0. The van der Waals surface area contributed by atoms with Gasteiger partial charge >= 0.3 is 5.69 Å². The third-order valence-corrected chi connectivity index (χ3v) is 5.20. The van der Waals surface area contributed by atoms with Crippen molar-refractivity contribution < 1.29 is 9.72 Å². The minimum Gasteiger partial charge on any atom is -0.310 e. The predicted octanol–water partition coefficient (Wildman–Crippen LogP) is 2.94. The number of nitrogens with zero attached hydrogens (tertiary/aromatic N) is 4. The van der Waals surface area contributed by atoms with Crippen molar-refractivity contribution in [3.05, 3.63) is 45.8 Å². The standard InChI is InChI=1S/C16H18N4O3S/c1-11-16(20(22)23)12(2)19(17-11)10-15(21)18-8-5-9-24-14-7-4-3-6-13(14)18/h3-4,6-7H,5,8-10H2,1-2H3. The van der Waals surface area contributed by atoms with Crippen LogP contribution in [-0.2, 0) is 11.3 Å². The second-order valence-electron chi connectivity index (χ2n) is 5.65. The molecule has 0 saturated carbocycles. The minimum atomic E-state index is -0.448. The number of aryl methyl sites for hydroxylation is 1. The topological polar surface area (TPSA) is 81.3 Å². The molecule has 0 N–H and O–H groups in total. The monoisotopic (exact) mass is 346 g/mol. The van der Waals surface area contributed by atoms with E-state index in [0.29, 0.717) is 17.9 Å². The van der Waals surface area contributed by atoms with Gasteiger partial charge in [0.25, 0.3) is 0 Å². The lowest BCUT2D eigenvalue weighted by Gasteiger charge is -2.22. The van der Waals surface area contributed by atoms with Gasteiger partial charge in [0.2, 0.25) is 5.91 Å². The molecule has 0 aliphatic carbocycles. The lowest BCUT2D eigenvalue weighted by atomic mass is 10.2. The van der Waals surface area contributed by atoms with Gasteiger partial charge in [-0.1, -0.05) is 12.1 Å². The first-order chi connectivity index (χ1) is 11.5. The summed E-state index contributed by atoms with van der Waals surface area (Å²) in [6, 6.07) is 7.83. The highest BCUT2D eigenvalue weighted by Crippen LogP contribution is 2.33. The Hall–Kier alpha value is -2.35. The van der Waals surface area contributed by atoms with E-state index in [4.69, 9.17) is 0 Å². The molecule has 7 nitrogen and oxygen atoms in total. The average Bonchev–Trinajstić information content (AvgIpc) is 2.72. The van der Waals surface area contributed by atoms with E-state index in [1.807, 2.05) is 24.3 Å². The molecule has 1 aliphatic rings. The Morgan fingerprint density at radius 2 is 2.12 bits per heavy atom. The zero-order valence-corrected chi connectivity index (χ0v) is 14.4. The smallest absolute Gasteiger partial charge is 0.310 e. The summed E-state index contributed by atoms with van der Waals surface area (Å²) in [6.45, 7) is 3.85. The highest BCUT2D eigenvalue weighted by atomic mass is 32.2. The Bertz CT molecular complexity index is 803. The molecule has 1 aliphatic heterocycles. The molecule has 2 heterocycles. The molecule has 0 atom stereocenters. The largest absolute Gasteiger partial charge is 0.312 e. The highest BCUT2D eigenvalue weighted by Gasteiger charge is 2.26. The normalized spacial score (nSPS) is 14.2. The van der Waals surface area contributed by atoms with Gasteiger partial charge in [-0.3, -0.25) is 19.6 Å². The van der Waals surface area contributed by atoms with Crippen LogP contribution >= 0.6 is 11.8 Å². The average molecular weight is 346 g/mol. The number of para-hydroxylation sites is 1. The number of hydrogen-bond acceptors (Lipinski definition) is 5. The first kappa shape index (κ1) is 16.5. The van der Waals surface area contributed by atoms with Gasteiger partial charge in [-0.25, -0.2) is 0 Å². The van der Waals surface area contributed by atoms with Crippen LogP contribution in [0, 0.1) is 24.0 Å². The molecule has 1 aromatic heterocycles. The summed E-state index contributed by atoms with van der Waals surface area (Å²) in [6.07, 6.45) is 0.905. The Morgan fingerprint density at radius 1 is 1.38 bits per heavy atom. The number of aromatic nitrogens is 2. The Balaban J connectivity index is 1.88. The molecule has 0 unspecified atom stereocenters. The molecule has 0 radical (unpaired) electrons. The number of thioether (sulfide) groups is 1. The number of anilines is 1. The van der Waals surface area contributed by atoms with Gasteiger partial charge in [0.05, 0.1) is 10.6 Å². The molecule has 0 spiro atoms. The maximum absolute atomic E-state index is 12.8. The summed E-state index contributed by atoms with van der Waals surface area (Å²) in [5, 5.41) is 15.3. The van der Waals surface area contributed by atoms with E-state index in [1.54, 1.807) is 30.5 Å². The van der Waals surface area contributed by atoms with Crippen molar-refractivity contribution in [2.75, 3.05) is 17.2 Å². The zero-order valence-electron chi connectivity index (χ0n) is 13.6. The van der Waals surface area contributed by atoms with Gasteiger partial charge in [-0.15, -0.1) is 11.8 Å².